The molecule has 0 saturated heterocycles. The Morgan fingerprint density at radius 3 is 2.25 bits per heavy atom. The predicted octanol–water partition coefficient (Wildman–Crippen LogP) is 3.19. The second-order valence-electron chi connectivity index (χ2n) is 5.76. The van der Waals surface area contributed by atoms with E-state index in [0.717, 1.165) is 11.0 Å². The highest BCUT2D eigenvalue weighted by Gasteiger charge is 2.37. The maximum atomic E-state index is 12.7. The van der Waals surface area contributed by atoms with Crippen molar-refractivity contribution < 1.29 is 14.3 Å². The molecule has 5 nitrogen and oxygen atoms in total. The molecule has 1 heterocycles. The van der Waals surface area contributed by atoms with E-state index in [1.54, 1.807) is 42.5 Å². The number of amides is 2. The molecule has 2 aromatic carbocycles. The van der Waals surface area contributed by atoms with Crippen molar-refractivity contribution in [2.24, 2.45) is 0 Å². The van der Waals surface area contributed by atoms with Crippen LogP contribution in [0.25, 0.3) is 0 Å². The van der Waals surface area contributed by atoms with Gasteiger partial charge in [0.15, 0.2) is 0 Å². The minimum atomic E-state index is -0.324. The van der Waals surface area contributed by atoms with E-state index in [1.165, 1.54) is 4.90 Å². The summed E-state index contributed by atoms with van der Waals surface area (Å²) in [6, 6.07) is 12.1. The van der Waals surface area contributed by atoms with Crippen molar-refractivity contribution in [3.05, 3.63) is 58.1 Å². The molecule has 0 spiro atoms. The maximum Gasteiger partial charge on any atom is 0.266 e. The number of carbonyl (C=O) groups excluding carboxylic acids is 2. The molecule has 0 aromatic heterocycles. The van der Waals surface area contributed by atoms with Crippen molar-refractivity contribution in [1.29, 1.82) is 0 Å². The molecule has 0 atom stereocenters. The minimum absolute atomic E-state index is 0.324. The van der Waals surface area contributed by atoms with E-state index in [9.17, 15) is 9.59 Å². The average Bonchev–Trinajstić information content (AvgIpc) is 2.80. The lowest BCUT2D eigenvalue weighted by Crippen LogP contribution is -2.30. The third kappa shape index (κ3) is 3.07. The number of benzene rings is 2. The summed E-state index contributed by atoms with van der Waals surface area (Å²) in [5.74, 6) is -0.147. The molecule has 0 unspecified atom stereocenters. The molecular weight excluding hydrogens is 372 g/mol. The summed E-state index contributed by atoms with van der Waals surface area (Å²) >= 11 is 3.41. The van der Waals surface area contributed by atoms with Gasteiger partial charge in [-0.1, -0.05) is 28.1 Å². The molecule has 0 aliphatic carbocycles. The third-order valence-corrected chi connectivity index (χ3v) is 4.25. The van der Waals surface area contributed by atoms with E-state index in [-0.39, 0.29) is 11.8 Å². The Morgan fingerprint density at radius 1 is 1.04 bits per heavy atom. The zero-order valence-electron chi connectivity index (χ0n) is 13.5. The monoisotopic (exact) mass is 388 g/mol. The molecule has 124 valence electrons. The van der Waals surface area contributed by atoms with Crippen molar-refractivity contribution in [2.45, 2.75) is 0 Å². The second-order valence-corrected chi connectivity index (χ2v) is 6.67. The highest BCUT2D eigenvalue weighted by molar-refractivity contribution is 9.10. The first-order valence-corrected chi connectivity index (χ1v) is 8.33. The fraction of sp³-hybridized carbons (Fsp3) is 0.222. The van der Waals surface area contributed by atoms with Crippen molar-refractivity contribution in [3.63, 3.8) is 0 Å². The van der Waals surface area contributed by atoms with E-state index in [4.69, 9.17) is 4.74 Å². The Labute approximate surface area is 148 Å². The van der Waals surface area contributed by atoms with Crippen LogP contribution in [0.4, 0.5) is 5.69 Å². The highest BCUT2D eigenvalue weighted by Crippen LogP contribution is 2.36. The van der Waals surface area contributed by atoms with E-state index >= 15 is 0 Å². The van der Waals surface area contributed by atoms with Gasteiger partial charge in [0.2, 0.25) is 0 Å². The maximum absolute atomic E-state index is 12.7. The van der Waals surface area contributed by atoms with Crippen LogP contribution in [-0.4, -0.2) is 44.0 Å². The molecule has 6 heteroatoms. The molecule has 3 rings (SSSR count). The van der Waals surface area contributed by atoms with E-state index in [2.05, 4.69) is 15.9 Å². The molecule has 0 fully saturated rings. The molecule has 0 radical (unpaired) electrons. The van der Waals surface area contributed by atoms with Crippen LogP contribution in [0.2, 0.25) is 0 Å². The van der Waals surface area contributed by atoms with Gasteiger partial charge in [-0.2, -0.15) is 0 Å². The molecule has 1 aliphatic heterocycles. The molecule has 0 N–H and O–H groups in total. The molecule has 2 aromatic rings. The van der Waals surface area contributed by atoms with Crippen LogP contribution in [0.3, 0.4) is 0 Å². The lowest BCUT2D eigenvalue weighted by molar-refractivity contribution is 0.0924. The van der Waals surface area contributed by atoms with Crippen molar-refractivity contribution in [3.8, 4) is 5.75 Å². The lowest BCUT2D eigenvalue weighted by Gasteiger charge is -2.19. The summed E-state index contributed by atoms with van der Waals surface area (Å²) in [5, 5.41) is 0. The number of nitrogens with zero attached hydrogens (tertiary/aromatic N) is 2. The third-order valence-electron chi connectivity index (χ3n) is 3.75. The highest BCUT2D eigenvalue weighted by atomic mass is 79.9. The van der Waals surface area contributed by atoms with Gasteiger partial charge in [-0.3, -0.25) is 9.59 Å². The molecule has 24 heavy (non-hydrogen) atoms. The van der Waals surface area contributed by atoms with Gasteiger partial charge in [0.1, 0.15) is 12.4 Å². The van der Waals surface area contributed by atoms with Crippen LogP contribution >= 0.6 is 15.9 Å². The normalized spacial score (nSPS) is 13.6. The Bertz CT molecular complexity index is 770. The Kier molecular flexibility index (Phi) is 4.69. The van der Waals surface area contributed by atoms with Gasteiger partial charge in [0, 0.05) is 11.0 Å². The Hall–Kier alpha value is -2.18. The fourth-order valence-electron chi connectivity index (χ4n) is 2.53. The Morgan fingerprint density at radius 2 is 1.67 bits per heavy atom. The number of anilines is 1. The fourth-order valence-corrected chi connectivity index (χ4v) is 2.87. The summed E-state index contributed by atoms with van der Waals surface area (Å²) < 4.78 is 6.64. The number of hydrogen-bond acceptors (Lipinski definition) is 4. The summed E-state index contributed by atoms with van der Waals surface area (Å²) in [5.41, 5.74) is 1.30. The van der Waals surface area contributed by atoms with Crippen LogP contribution in [0.5, 0.6) is 5.75 Å². The van der Waals surface area contributed by atoms with Crippen molar-refractivity contribution in [1.82, 2.24) is 4.90 Å². The number of carbonyl (C=O) groups is 2. The number of ether oxygens (including phenoxy) is 1. The van der Waals surface area contributed by atoms with Gasteiger partial charge in [0.05, 0.1) is 16.8 Å². The molecule has 1 aliphatic rings. The number of halogens is 1. The quantitative estimate of drug-likeness (QED) is 0.738. The molecule has 0 saturated carbocycles. The SMILES string of the molecule is CN(C)CCOc1cc(Br)ccc1N1C(=O)c2ccccc2C1=O. The first-order chi connectivity index (χ1) is 11.5. The van der Waals surface area contributed by atoms with E-state index in [0.29, 0.717) is 29.2 Å². The van der Waals surface area contributed by atoms with Crippen LogP contribution in [-0.2, 0) is 0 Å². The number of fused-ring (bicyclic) bond motifs is 1. The standard InChI is InChI=1S/C18H17BrN2O3/c1-20(2)9-10-24-16-11-12(19)7-8-15(16)21-17(22)13-5-3-4-6-14(13)18(21)23/h3-8,11H,9-10H2,1-2H3. The van der Waals surface area contributed by atoms with Gasteiger partial charge in [-0.15, -0.1) is 0 Å². The van der Waals surface area contributed by atoms with Crippen molar-refractivity contribution in [2.75, 3.05) is 32.1 Å². The van der Waals surface area contributed by atoms with E-state index in [1.807, 2.05) is 19.0 Å². The van der Waals surface area contributed by atoms with Gasteiger partial charge in [-0.25, -0.2) is 4.90 Å². The summed E-state index contributed by atoms with van der Waals surface area (Å²) in [4.78, 5) is 28.5. The number of imide groups is 1. The number of rotatable bonds is 5. The average molecular weight is 389 g/mol. The lowest BCUT2D eigenvalue weighted by atomic mass is 10.1. The van der Waals surface area contributed by atoms with Gasteiger partial charge in [-0.05, 0) is 44.4 Å². The van der Waals surface area contributed by atoms with Crippen LogP contribution in [0.1, 0.15) is 20.7 Å². The second kappa shape index (κ2) is 6.75. The van der Waals surface area contributed by atoms with Crippen LogP contribution in [0, 0.1) is 0 Å². The van der Waals surface area contributed by atoms with Crippen LogP contribution < -0.4 is 9.64 Å². The van der Waals surface area contributed by atoms with Crippen LogP contribution in [0.15, 0.2) is 46.9 Å². The molecule has 2 amide bonds. The smallest absolute Gasteiger partial charge is 0.266 e. The predicted molar refractivity (Wildman–Crippen MR) is 95.8 cm³/mol. The zero-order chi connectivity index (χ0) is 17.3. The van der Waals surface area contributed by atoms with E-state index < -0.39 is 0 Å². The molecular formula is C18H17BrN2O3. The number of hydrogen-bond donors (Lipinski definition) is 0. The van der Waals surface area contributed by atoms with Gasteiger partial charge >= 0.3 is 0 Å². The largest absolute Gasteiger partial charge is 0.490 e. The number of likely N-dealkylation sites (N-methyl/N-ethyl adjacent to an activating group) is 1. The first-order valence-electron chi connectivity index (χ1n) is 7.54. The van der Waals surface area contributed by atoms with Gasteiger partial charge < -0.3 is 9.64 Å². The summed E-state index contributed by atoms with van der Waals surface area (Å²) in [6.07, 6.45) is 0. The Balaban J connectivity index is 1.95. The van der Waals surface area contributed by atoms with Crippen molar-refractivity contribution >= 4 is 33.4 Å². The summed E-state index contributed by atoms with van der Waals surface area (Å²) in [7, 11) is 3.91. The molecule has 0 bridgehead atoms. The topological polar surface area (TPSA) is 49.9 Å². The first kappa shape index (κ1) is 16.7. The van der Waals surface area contributed by atoms with Gasteiger partial charge in [0.25, 0.3) is 11.8 Å². The minimum Gasteiger partial charge on any atom is -0.490 e. The summed E-state index contributed by atoms with van der Waals surface area (Å²) in [6.45, 7) is 1.19. The zero-order valence-corrected chi connectivity index (χ0v) is 15.0.